The van der Waals surface area contributed by atoms with E-state index in [4.69, 9.17) is 18.6 Å². The average Bonchev–Trinajstić information content (AvgIpc) is 3.40. The molecule has 0 fully saturated rings. The largest absolute Gasteiger partial charge is 0.495 e. The minimum atomic E-state index is -0.357. The number of hydrogen-bond acceptors (Lipinski definition) is 6. The lowest BCUT2D eigenvalue weighted by molar-refractivity contribution is 0.0600. The molecule has 6 rings (SSSR count). The molecule has 0 atom stereocenters. The number of rotatable bonds is 10. The molecule has 0 spiro atoms. The van der Waals surface area contributed by atoms with Gasteiger partial charge in [0, 0.05) is 35.2 Å². The van der Waals surface area contributed by atoms with E-state index in [1.165, 1.54) is 7.11 Å². The van der Waals surface area contributed by atoms with Crippen molar-refractivity contribution in [2.24, 2.45) is 0 Å². The molecule has 0 bridgehead atoms. The molecule has 5 aromatic carbocycles. The highest BCUT2D eigenvalue weighted by atomic mass is 16.5. The van der Waals surface area contributed by atoms with Crippen molar-refractivity contribution in [3.8, 4) is 11.5 Å². The second kappa shape index (κ2) is 12.1. The van der Waals surface area contributed by atoms with Gasteiger partial charge in [0.2, 0.25) is 0 Å². The summed E-state index contributed by atoms with van der Waals surface area (Å²) < 4.78 is 23.0. The van der Waals surface area contributed by atoms with Gasteiger partial charge in [-0.05, 0) is 46.9 Å². The Kier molecular flexibility index (Phi) is 7.77. The number of anilines is 1. The predicted molar refractivity (Wildman–Crippen MR) is 169 cm³/mol. The topological polar surface area (TPSA) is 69.9 Å². The van der Waals surface area contributed by atoms with E-state index in [2.05, 4.69) is 35.7 Å². The summed E-state index contributed by atoms with van der Waals surface area (Å²) in [6.07, 6.45) is 2.80. The SMILES string of the molecule is COC(=O)c1ccc(C=C(CCOc2cccc3ccccc23)CNc2cc3oc4ccccc4c3cc2OC)cc1. The van der Waals surface area contributed by atoms with Crippen LogP contribution in [0.25, 0.3) is 38.8 Å². The standard InChI is InChI=1S/C36H31NO5/c1-39-35-21-30-29-11-5-6-12-33(29)42-34(30)22-31(35)37-23-25(20-24-14-16-27(17-15-24)36(38)40-2)18-19-41-32-13-7-9-26-8-3-4-10-28(26)32/h3-17,20-22,37H,18-19,23H2,1-2H3. The molecular formula is C36H31NO5. The van der Waals surface area contributed by atoms with Crippen molar-refractivity contribution in [1.29, 1.82) is 0 Å². The Hall–Kier alpha value is -5.23. The van der Waals surface area contributed by atoms with E-state index in [9.17, 15) is 4.79 Å². The molecule has 42 heavy (non-hydrogen) atoms. The number of benzene rings is 5. The maximum Gasteiger partial charge on any atom is 0.337 e. The Morgan fingerprint density at radius 1 is 0.786 bits per heavy atom. The molecule has 210 valence electrons. The first kappa shape index (κ1) is 27.0. The lowest BCUT2D eigenvalue weighted by Gasteiger charge is -2.15. The van der Waals surface area contributed by atoms with Gasteiger partial charge in [0.05, 0.1) is 32.1 Å². The van der Waals surface area contributed by atoms with Crippen LogP contribution in [0.2, 0.25) is 0 Å². The number of ether oxygens (including phenoxy) is 3. The molecule has 0 saturated heterocycles. The van der Waals surface area contributed by atoms with Gasteiger partial charge in [0.15, 0.2) is 0 Å². The summed E-state index contributed by atoms with van der Waals surface area (Å²) in [6.45, 7) is 1.06. The Bertz CT molecular complexity index is 1900. The van der Waals surface area contributed by atoms with Crippen LogP contribution >= 0.6 is 0 Å². The van der Waals surface area contributed by atoms with Crippen LogP contribution in [-0.2, 0) is 4.74 Å². The zero-order chi connectivity index (χ0) is 28.9. The number of hydrogen-bond donors (Lipinski definition) is 1. The van der Waals surface area contributed by atoms with Crippen molar-refractivity contribution in [1.82, 2.24) is 0 Å². The van der Waals surface area contributed by atoms with E-state index in [0.717, 1.165) is 61.0 Å². The highest BCUT2D eigenvalue weighted by Gasteiger charge is 2.13. The summed E-state index contributed by atoms with van der Waals surface area (Å²) in [5.41, 5.74) is 5.08. The molecule has 0 saturated carbocycles. The third-order valence-electron chi connectivity index (χ3n) is 7.34. The lowest BCUT2D eigenvalue weighted by Crippen LogP contribution is -2.09. The second-order valence-corrected chi connectivity index (χ2v) is 9.99. The fraction of sp³-hybridized carbons (Fsp3) is 0.139. The molecule has 1 aromatic heterocycles. The van der Waals surface area contributed by atoms with Gasteiger partial charge in [-0.1, -0.05) is 72.8 Å². The second-order valence-electron chi connectivity index (χ2n) is 9.99. The molecule has 6 nitrogen and oxygen atoms in total. The maximum absolute atomic E-state index is 11.9. The molecule has 0 aliphatic heterocycles. The summed E-state index contributed by atoms with van der Waals surface area (Å²) in [5, 5.41) is 7.86. The van der Waals surface area contributed by atoms with Gasteiger partial charge in [0.1, 0.15) is 22.7 Å². The van der Waals surface area contributed by atoms with Crippen LogP contribution in [0, 0.1) is 0 Å². The minimum absolute atomic E-state index is 0.357. The monoisotopic (exact) mass is 557 g/mol. The quantitative estimate of drug-likeness (QED) is 0.170. The molecule has 1 heterocycles. The van der Waals surface area contributed by atoms with Crippen molar-refractivity contribution in [2.45, 2.75) is 6.42 Å². The number of esters is 1. The summed E-state index contributed by atoms with van der Waals surface area (Å²) in [6, 6.07) is 33.7. The number of fused-ring (bicyclic) bond motifs is 4. The Labute approximate surface area is 244 Å². The number of carbonyl (C=O) groups is 1. The van der Waals surface area contributed by atoms with E-state index < -0.39 is 0 Å². The highest BCUT2D eigenvalue weighted by Crippen LogP contribution is 2.36. The molecular weight excluding hydrogens is 526 g/mol. The van der Waals surface area contributed by atoms with Crippen molar-refractivity contribution < 1.29 is 23.4 Å². The Morgan fingerprint density at radius 3 is 2.36 bits per heavy atom. The first-order valence-corrected chi connectivity index (χ1v) is 13.8. The van der Waals surface area contributed by atoms with Crippen molar-refractivity contribution >= 4 is 50.4 Å². The number of methoxy groups -OCH3 is 2. The van der Waals surface area contributed by atoms with Gasteiger partial charge in [-0.2, -0.15) is 0 Å². The fourth-order valence-corrected chi connectivity index (χ4v) is 5.16. The molecule has 0 aliphatic rings. The van der Waals surface area contributed by atoms with Crippen molar-refractivity contribution in [3.05, 3.63) is 120 Å². The van der Waals surface area contributed by atoms with Gasteiger partial charge in [-0.15, -0.1) is 0 Å². The summed E-state index contributed by atoms with van der Waals surface area (Å²) in [4.78, 5) is 11.9. The summed E-state index contributed by atoms with van der Waals surface area (Å²) in [5.74, 6) is 1.24. The summed E-state index contributed by atoms with van der Waals surface area (Å²) in [7, 11) is 3.05. The first-order valence-electron chi connectivity index (χ1n) is 13.8. The zero-order valence-corrected chi connectivity index (χ0v) is 23.6. The number of furan rings is 1. The molecule has 1 N–H and O–H groups in total. The van der Waals surface area contributed by atoms with Gasteiger partial charge < -0.3 is 23.9 Å². The van der Waals surface area contributed by atoms with Crippen LogP contribution in [0.15, 0.2) is 113 Å². The van der Waals surface area contributed by atoms with E-state index in [-0.39, 0.29) is 5.97 Å². The molecule has 0 radical (unpaired) electrons. The molecule has 0 aliphatic carbocycles. The normalized spacial score (nSPS) is 11.6. The van der Waals surface area contributed by atoms with Crippen LogP contribution in [0.3, 0.4) is 0 Å². The third kappa shape index (κ3) is 5.65. The van der Waals surface area contributed by atoms with E-state index in [1.807, 2.05) is 66.7 Å². The van der Waals surface area contributed by atoms with Gasteiger partial charge in [-0.3, -0.25) is 0 Å². The van der Waals surface area contributed by atoms with Crippen LogP contribution in [-0.4, -0.2) is 33.3 Å². The Morgan fingerprint density at radius 2 is 1.55 bits per heavy atom. The van der Waals surface area contributed by atoms with Crippen molar-refractivity contribution in [3.63, 3.8) is 0 Å². The molecule has 0 unspecified atom stereocenters. The van der Waals surface area contributed by atoms with Crippen LogP contribution < -0.4 is 14.8 Å². The van der Waals surface area contributed by atoms with Crippen LogP contribution in [0.5, 0.6) is 11.5 Å². The lowest BCUT2D eigenvalue weighted by atomic mass is 10.1. The highest BCUT2D eigenvalue weighted by molar-refractivity contribution is 6.06. The molecule has 6 heteroatoms. The minimum Gasteiger partial charge on any atom is -0.495 e. The number of para-hydroxylation sites is 1. The van der Waals surface area contributed by atoms with Gasteiger partial charge in [-0.25, -0.2) is 4.79 Å². The number of carbonyl (C=O) groups excluding carboxylic acids is 1. The van der Waals surface area contributed by atoms with Gasteiger partial charge in [0.25, 0.3) is 0 Å². The van der Waals surface area contributed by atoms with Crippen LogP contribution in [0.4, 0.5) is 5.69 Å². The molecule has 0 amide bonds. The smallest absolute Gasteiger partial charge is 0.337 e. The maximum atomic E-state index is 11.9. The number of nitrogens with one attached hydrogen (secondary N) is 1. The first-order chi connectivity index (χ1) is 20.6. The van der Waals surface area contributed by atoms with Crippen molar-refractivity contribution in [2.75, 3.05) is 32.7 Å². The van der Waals surface area contributed by atoms with E-state index in [1.54, 1.807) is 19.2 Å². The Balaban J connectivity index is 1.25. The predicted octanol–water partition coefficient (Wildman–Crippen LogP) is 8.50. The zero-order valence-electron chi connectivity index (χ0n) is 23.6. The molecule has 6 aromatic rings. The van der Waals surface area contributed by atoms with Gasteiger partial charge >= 0.3 is 5.97 Å². The van der Waals surface area contributed by atoms with E-state index >= 15 is 0 Å². The summed E-state index contributed by atoms with van der Waals surface area (Å²) >= 11 is 0. The fourth-order valence-electron chi connectivity index (χ4n) is 5.16. The average molecular weight is 558 g/mol. The van der Waals surface area contributed by atoms with Crippen LogP contribution in [0.1, 0.15) is 22.3 Å². The third-order valence-corrected chi connectivity index (χ3v) is 7.34. The van der Waals surface area contributed by atoms with E-state index in [0.29, 0.717) is 25.1 Å².